The molecular weight excluding hydrogens is 342 g/mol. The van der Waals surface area contributed by atoms with Gasteiger partial charge in [0.2, 0.25) is 0 Å². The van der Waals surface area contributed by atoms with Crippen molar-refractivity contribution in [3.05, 3.63) is 72.3 Å². The van der Waals surface area contributed by atoms with Crippen molar-refractivity contribution in [3.8, 4) is 5.75 Å². The third-order valence-corrected chi connectivity index (χ3v) is 4.91. The third-order valence-electron chi connectivity index (χ3n) is 4.91. The van der Waals surface area contributed by atoms with E-state index in [-0.39, 0.29) is 23.3 Å². The molecule has 0 aliphatic carbocycles. The summed E-state index contributed by atoms with van der Waals surface area (Å²) in [5.74, 6) is 0.828. The summed E-state index contributed by atoms with van der Waals surface area (Å²) in [4.78, 5) is 27.2. The molecule has 7 nitrogen and oxygen atoms in total. The monoisotopic (exact) mass is 363 g/mol. The number of aromatic nitrogens is 4. The molecule has 1 N–H and O–H groups in total. The normalized spacial score (nSPS) is 17.0. The highest BCUT2D eigenvalue weighted by Gasteiger charge is 2.29. The number of carbonyl (C=O) groups is 1. The maximum Gasteiger partial charge on any atom is 0.276 e. The smallest absolute Gasteiger partial charge is 0.276 e. The van der Waals surface area contributed by atoms with Crippen molar-refractivity contribution in [1.82, 2.24) is 24.4 Å². The first kappa shape index (κ1) is 17.2. The van der Waals surface area contributed by atoms with E-state index in [1.165, 1.54) is 12.3 Å². The molecule has 1 fully saturated rings. The van der Waals surface area contributed by atoms with Gasteiger partial charge in [0.15, 0.2) is 5.69 Å². The first-order valence-electron chi connectivity index (χ1n) is 9.05. The molecular formula is C20H21N5O2. The minimum absolute atomic E-state index is 0.0798. The second-order valence-corrected chi connectivity index (χ2v) is 6.73. The molecule has 138 valence electrons. The lowest BCUT2D eigenvalue weighted by Gasteiger charge is -2.32. The van der Waals surface area contributed by atoms with Gasteiger partial charge in [0.1, 0.15) is 11.6 Å². The highest BCUT2D eigenvalue weighted by atomic mass is 16.3. The summed E-state index contributed by atoms with van der Waals surface area (Å²) in [5, 5.41) is 9.94. The fraction of sp³-hybridized carbons (Fsp3) is 0.300. The van der Waals surface area contributed by atoms with E-state index in [9.17, 15) is 9.90 Å². The summed E-state index contributed by atoms with van der Waals surface area (Å²) in [7, 11) is 0. The molecule has 0 unspecified atom stereocenters. The van der Waals surface area contributed by atoms with E-state index in [0.717, 1.165) is 30.8 Å². The van der Waals surface area contributed by atoms with E-state index in [4.69, 9.17) is 0 Å². The van der Waals surface area contributed by atoms with E-state index < -0.39 is 0 Å². The molecule has 4 heterocycles. The summed E-state index contributed by atoms with van der Waals surface area (Å²) in [6.45, 7) is 1.96. The second-order valence-electron chi connectivity index (χ2n) is 6.73. The highest BCUT2D eigenvalue weighted by molar-refractivity contribution is 5.94. The Morgan fingerprint density at radius 1 is 1.15 bits per heavy atom. The number of likely N-dealkylation sites (tertiary alicyclic amines) is 1. The molecule has 4 rings (SSSR count). The zero-order valence-electron chi connectivity index (χ0n) is 14.9. The van der Waals surface area contributed by atoms with Gasteiger partial charge in [-0.05, 0) is 42.7 Å². The maximum absolute atomic E-state index is 12.8. The lowest BCUT2D eigenvalue weighted by Crippen LogP contribution is -2.40. The zero-order chi connectivity index (χ0) is 18.6. The van der Waals surface area contributed by atoms with Crippen molar-refractivity contribution in [2.45, 2.75) is 25.3 Å². The number of carbonyl (C=O) groups excluding carboxylic acids is 1. The van der Waals surface area contributed by atoms with Crippen LogP contribution in [0.5, 0.6) is 5.75 Å². The SMILES string of the molecule is O=C(c1ncccc1O)N1CCC[C@H](c2nccn2Cc2ccncc2)C1. The zero-order valence-corrected chi connectivity index (χ0v) is 14.9. The topological polar surface area (TPSA) is 84.1 Å². The van der Waals surface area contributed by atoms with E-state index >= 15 is 0 Å². The van der Waals surface area contributed by atoms with Crippen LogP contribution in [-0.4, -0.2) is 48.5 Å². The predicted molar refractivity (Wildman–Crippen MR) is 99.3 cm³/mol. The Hall–Kier alpha value is -3.22. The third kappa shape index (κ3) is 3.67. The molecule has 1 aliphatic rings. The van der Waals surface area contributed by atoms with Crippen LogP contribution < -0.4 is 0 Å². The quantitative estimate of drug-likeness (QED) is 0.770. The molecule has 1 aliphatic heterocycles. The molecule has 0 radical (unpaired) electrons. The van der Waals surface area contributed by atoms with Crippen LogP contribution in [0.4, 0.5) is 0 Å². The molecule has 3 aromatic heterocycles. The number of hydrogen-bond donors (Lipinski definition) is 1. The summed E-state index contributed by atoms with van der Waals surface area (Å²) < 4.78 is 2.13. The van der Waals surface area contributed by atoms with E-state index in [0.29, 0.717) is 13.1 Å². The fourth-order valence-electron chi connectivity index (χ4n) is 3.58. The minimum Gasteiger partial charge on any atom is -0.505 e. The van der Waals surface area contributed by atoms with Crippen molar-refractivity contribution in [1.29, 1.82) is 0 Å². The van der Waals surface area contributed by atoms with Crippen molar-refractivity contribution in [2.75, 3.05) is 13.1 Å². The first-order valence-corrected chi connectivity index (χ1v) is 9.05. The van der Waals surface area contributed by atoms with Gasteiger partial charge in [0.05, 0.1) is 0 Å². The molecule has 0 spiro atoms. The van der Waals surface area contributed by atoms with Gasteiger partial charge in [-0.25, -0.2) is 9.97 Å². The van der Waals surface area contributed by atoms with Crippen LogP contribution in [0, 0.1) is 0 Å². The van der Waals surface area contributed by atoms with E-state index in [1.54, 1.807) is 23.4 Å². The molecule has 7 heteroatoms. The molecule has 0 aromatic carbocycles. The Bertz CT molecular complexity index is 925. The number of rotatable bonds is 4. The molecule has 1 saturated heterocycles. The van der Waals surface area contributed by atoms with Crippen molar-refractivity contribution < 1.29 is 9.90 Å². The van der Waals surface area contributed by atoms with Gasteiger partial charge in [-0.2, -0.15) is 0 Å². The Morgan fingerprint density at radius 3 is 2.81 bits per heavy atom. The number of pyridine rings is 2. The van der Waals surface area contributed by atoms with Gasteiger partial charge < -0.3 is 14.6 Å². The number of piperidine rings is 1. The summed E-state index contributed by atoms with van der Waals surface area (Å²) in [5.41, 5.74) is 1.27. The lowest BCUT2D eigenvalue weighted by molar-refractivity contribution is 0.0694. The number of imidazole rings is 1. The average molecular weight is 363 g/mol. The predicted octanol–water partition coefficient (Wildman–Crippen LogP) is 2.45. The van der Waals surface area contributed by atoms with Crippen LogP contribution in [0.15, 0.2) is 55.2 Å². The van der Waals surface area contributed by atoms with Crippen LogP contribution >= 0.6 is 0 Å². The van der Waals surface area contributed by atoms with Crippen LogP contribution in [0.25, 0.3) is 0 Å². The van der Waals surface area contributed by atoms with Gasteiger partial charge in [-0.15, -0.1) is 0 Å². The minimum atomic E-state index is -0.231. The number of hydrogen-bond acceptors (Lipinski definition) is 5. The van der Waals surface area contributed by atoms with Gasteiger partial charge in [-0.3, -0.25) is 9.78 Å². The number of amides is 1. The molecule has 0 bridgehead atoms. The van der Waals surface area contributed by atoms with Crippen LogP contribution in [0.3, 0.4) is 0 Å². The largest absolute Gasteiger partial charge is 0.505 e. The number of aromatic hydroxyl groups is 1. The van der Waals surface area contributed by atoms with Gasteiger partial charge >= 0.3 is 0 Å². The Balaban J connectivity index is 1.52. The van der Waals surface area contributed by atoms with Crippen LogP contribution in [0.1, 0.15) is 40.6 Å². The summed E-state index contributed by atoms with van der Waals surface area (Å²) >= 11 is 0. The maximum atomic E-state index is 12.8. The molecule has 3 aromatic rings. The van der Waals surface area contributed by atoms with Gasteiger partial charge in [-0.1, -0.05) is 0 Å². The Kier molecular flexibility index (Phi) is 4.82. The standard InChI is InChI=1S/C20H21N5O2/c26-17-4-1-7-22-18(17)20(27)25-11-2-3-16(14-25)19-23-10-12-24(19)13-15-5-8-21-9-6-15/h1,4-10,12,16,26H,2-3,11,13-14H2/t16-/m0/s1. The molecule has 1 amide bonds. The first-order chi connectivity index (χ1) is 13.2. The van der Waals surface area contributed by atoms with Crippen molar-refractivity contribution in [2.24, 2.45) is 0 Å². The van der Waals surface area contributed by atoms with E-state index in [2.05, 4.69) is 19.5 Å². The molecule has 27 heavy (non-hydrogen) atoms. The lowest BCUT2D eigenvalue weighted by atomic mass is 9.96. The van der Waals surface area contributed by atoms with Gasteiger partial charge in [0, 0.05) is 56.5 Å². The summed E-state index contributed by atoms with van der Waals surface area (Å²) in [6, 6.07) is 7.08. The van der Waals surface area contributed by atoms with Crippen molar-refractivity contribution in [3.63, 3.8) is 0 Å². The van der Waals surface area contributed by atoms with Crippen LogP contribution in [0.2, 0.25) is 0 Å². The van der Waals surface area contributed by atoms with Gasteiger partial charge in [0.25, 0.3) is 5.91 Å². The fourth-order valence-corrected chi connectivity index (χ4v) is 3.58. The molecule has 1 atom stereocenters. The second kappa shape index (κ2) is 7.57. The van der Waals surface area contributed by atoms with E-state index in [1.807, 2.05) is 24.5 Å². The van der Waals surface area contributed by atoms with Crippen LogP contribution in [-0.2, 0) is 6.54 Å². The number of nitrogens with zero attached hydrogens (tertiary/aromatic N) is 5. The highest BCUT2D eigenvalue weighted by Crippen LogP contribution is 2.28. The summed E-state index contributed by atoms with van der Waals surface area (Å²) in [6.07, 6.45) is 10.7. The Morgan fingerprint density at radius 2 is 2.00 bits per heavy atom. The molecule has 0 saturated carbocycles. The Labute approximate surface area is 157 Å². The van der Waals surface area contributed by atoms with Crippen molar-refractivity contribution >= 4 is 5.91 Å². The average Bonchev–Trinajstić information content (AvgIpc) is 3.17.